The van der Waals surface area contributed by atoms with Crippen LogP contribution in [0.3, 0.4) is 0 Å². The molecule has 1 amide bonds. The summed E-state index contributed by atoms with van der Waals surface area (Å²) in [5, 5.41) is 15.3. The highest BCUT2D eigenvalue weighted by molar-refractivity contribution is 7.93. The molecular formula is C21H14N4O5S2. The molecule has 3 aromatic carbocycles. The summed E-state index contributed by atoms with van der Waals surface area (Å²) in [5.74, 6) is -0.600. The first kappa shape index (κ1) is 21.3. The van der Waals surface area contributed by atoms with Gasteiger partial charge < -0.3 is 0 Å². The van der Waals surface area contributed by atoms with E-state index in [0.29, 0.717) is 16.9 Å². The van der Waals surface area contributed by atoms with Crippen molar-refractivity contribution in [3.63, 3.8) is 0 Å². The summed E-state index contributed by atoms with van der Waals surface area (Å²) in [4.78, 5) is 27.3. The standard InChI is InChI=1S/C21H14N4O5S2/c26-19(15-8-3-1-4-9-15)22-20-24(16-10-7-11-17(14-16)25(27)28)23-21(31-20)32(29,30)18-12-5-2-6-13-18/h1-14H. The summed E-state index contributed by atoms with van der Waals surface area (Å²) >= 11 is 0.700. The molecule has 0 aliphatic heterocycles. The van der Waals surface area contributed by atoms with Crippen molar-refractivity contribution in [2.24, 2.45) is 4.99 Å². The number of hydrogen-bond donors (Lipinski definition) is 0. The zero-order valence-corrected chi connectivity index (χ0v) is 17.9. The van der Waals surface area contributed by atoms with E-state index >= 15 is 0 Å². The van der Waals surface area contributed by atoms with Crippen LogP contribution in [-0.2, 0) is 9.84 Å². The lowest BCUT2D eigenvalue weighted by Crippen LogP contribution is -2.17. The maximum Gasteiger partial charge on any atom is 0.279 e. The van der Waals surface area contributed by atoms with Gasteiger partial charge in [-0.2, -0.15) is 4.99 Å². The molecule has 32 heavy (non-hydrogen) atoms. The van der Waals surface area contributed by atoms with Crippen LogP contribution in [-0.4, -0.2) is 29.0 Å². The number of aromatic nitrogens is 2. The second-order valence-corrected chi connectivity index (χ2v) is 9.52. The Kier molecular flexibility index (Phi) is 5.75. The van der Waals surface area contributed by atoms with Crippen LogP contribution in [0.1, 0.15) is 10.4 Å². The number of benzene rings is 3. The third kappa shape index (κ3) is 4.24. The molecule has 4 aromatic rings. The lowest BCUT2D eigenvalue weighted by Gasteiger charge is -2.02. The second kappa shape index (κ2) is 8.65. The lowest BCUT2D eigenvalue weighted by atomic mass is 10.2. The van der Waals surface area contributed by atoms with E-state index < -0.39 is 20.7 Å². The van der Waals surface area contributed by atoms with Gasteiger partial charge in [-0.1, -0.05) is 53.8 Å². The molecule has 1 aromatic heterocycles. The molecular weight excluding hydrogens is 452 g/mol. The van der Waals surface area contributed by atoms with Gasteiger partial charge in [0.1, 0.15) is 0 Å². The number of nitro benzene ring substituents is 1. The molecule has 0 radical (unpaired) electrons. The van der Waals surface area contributed by atoms with Gasteiger partial charge in [0.2, 0.25) is 19.0 Å². The summed E-state index contributed by atoms with van der Waals surface area (Å²) < 4.78 is 26.9. The summed E-state index contributed by atoms with van der Waals surface area (Å²) in [5.41, 5.74) is 0.291. The van der Waals surface area contributed by atoms with Gasteiger partial charge in [-0.05, 0) is 30.3 Å². The van der Waals surface area contributed by atoms with E-state index in [9.17, 15) is 23.3 Å². The molecule has 0 saturated heterocycles. The van der Waals surface area contributed by atoms with Gasteiger partial charge in [0.05, 0.1) is 15.5 Å². The van der Waals surface area contributed by atoms with Gasteiger partial charge in [-0.15, -0.1) is 5.10 Å². The summed E-state index contributed by atoms with van der Waals surface area (Å²) in [7, 11) is -3.99. The van der Waals surface area contributed by atoms with Crippen molar-refractivity contribution in [2.45, 2.75) is 9.24 Å². The molecule has 0 aliphatic rings. The van der Waals surface area contributed by atoms with Gasteiger partial charge in [-0.25, -0.2) is 13.1 Å². The molecule has 0 unspecified atom stereocenters. The number of carbonyl (C=O) groups excluding carboxylic acids is 1. The third-order valence-electron chi connectivity index (χ3n) is 4.33. The van der Waals surface area contributed by atoms with Crippen LogP contribution in [0, 0.1) is 10.1 Å². The molecule has 11 heteroatoms. The Morgan fingerprint density at radius 1 is 0.969 bits per heavy atom. The predicted molar refractivity (Wildman–Crippen MR) is 116 cm³/mol. The fourth-order valence-electron chi connectivity index (χ4n) is 2.78. The van der Waals surface area contributed by atoms with Gasteiger partial charge in [0.25, 0.3) is 11.6 Å². The highest BCUT2D eigenvalue weighted by Gasteiger charge is 2.24. The minimum atomic E-state index is -3.99. The number of sulfone groups is 1. The number of nitro groups is 1. The maximum atomic E-state index is 13.1. The van der Waals surface area contributed by atoms with Crippen LogP contribution in [0.2, 0.25) is 0 Å². The van der Waals surface area contributed by atoms with E-state index in [1.807, 2.05) is 0 Å². The highest BCUT2D eigenvalue weighted by Crippen LogP contribution is 2.22. The Morgan fingerprint density at radius 2 is 1.62 bits per heavy atom. The second-order valence-electron chi connectivity index (χ2n) is 6.44. The van der Waals surface area contributed by atoms with Crippen molar-refractivity contribution in [1.29, 1.82) is 0 Å². The smallest absolute Gasteiger partial charge is 0.267 e. The molecule has 0 N–H and O–H groups in total. The van der Waals surface area contributed by atoms with Crippen LogP contribution in [0.5, 0.6) is 0 Å². The Balaban J connectivity index is 1.92. The highest BCUT2D eigenvalue weighted by atomic mass is 32.2. The average Bonchev–Trinajstić information content (AvgIpc) is 3.25. The van der Waals surface area contributed by atoms with Crippen molar-refractivity contribution in [3.8, 4) is 5.69 Å². The van der Waals surface area contributed by atoms with Crippen molar-refractivity contribution >= 4 is 32.8 Å². The largest absolute Gasteiger partial charge is 0.279 e. The van der Waals surface area contributed by atoms with E-state index in [4.69, 9.17) is 0 Å². The zero-order valence-electron chi connectivity index (χ0n) is 16.2. The monoisotopic (exact) mass is 466 g/mol. The van der Waals surface area contributed by atoms with Crippen molar-refractivity contribution in [2.75, 3.05) is 0 Å². The molecule has 0 fully saturated rings. The van der Waals surface area contributed by atoms with Crippen LogP contribution in [0.25, 0.3) is 5.69 Å². The molecule has 0 saturated carbocycles. The topological polar surface area (TPSA) is 125 Å². The fourth-order valence-corrected chi connectivity index (χ4v) is 5.28. The fraction of sp³-hybridized carbons (Fsp3) is 0. The summed E-state index contributed by atoms with van der Waals surface area (Å²) in [6.07, 6.45) is 0. The van der Waals surface area contributed by atoms with Gasteiger partial charge >= 0.3 is 0 Å². The van der Waals surface area contributed by atoms with Crippen LogP contribution in [0.4, 0.5) is 5.69 Å². The maximum absolute atomic E-state index is 13.1. The van der Waals surface area contributed by atoms with Crippen molar-refractivity contribution in [3.05, 3.63) is 105 Å². The van der Waals surface area contributed by atoms with Crippen molar-refractivity contribution < 1.29 is 18.1 Å². The SMILES string of the molecule is O=C(N=c1sc(S(=O)(=O)c2ccccc2)nn1-c1cccc([N+](=O)[O-])c1)c1ccccc1. The number of carbonyl (C=O) groups is 1. The van der Waals surface area contributed by atoms with E-state index in [-0.39, 0.29) is 25.4 Å². The van der Waals surface area contributed by atoms with Crippen LogP contribution >= 0.6 is 11.3 Å². The van der Waals surface area contributed by atoms with Gasteiger partial charge in [-0.3, -0.25) is 14.9 Å². The Labute approximate surface area is 186 Å². The molecule has 0 aliphatic carbocycles. The van der Waals surface area contributed by atoms with Gasteiger partial charge in [0.15, 0.2) is 0 Å². The Morgan fingerprint density at radius 3 is 2.28 bits per heavy atom. The van der Waals surface area contributed by atoms with Crippen molar-refractivity contribution in [1.82, 2.24) is 9.78 Å². The summed E-state index contributed by atoms with van der Waals surface area (Å²) in [6, 6.07) is 21.4. The number of nitrogens with zero attached hydrogens (tertiary/aromatic N) is 4. The molecule has 9 nitrogen and oxygen atoms in total. The number of amides is 1. The predicted octanol–water partition coefficient (Wildman–Crippen LogP) is 3.42. The molecule has 0 spiro atoms. The molecule has 160 valence electrons. The first-order valence-electron chi connectivity index (χ1n) is 9.15. The lowest BCUT2D eigenvalue weighted by molar-refractivity contribution is -0.384. The molecule has 0 bridgehead atoms. The Hall–Kier alpha value is -3.96. The van der Waals surface area contributed by atoms with Crippen LogP contribution in [0.15, 0.2) is 99.2 Å². The molecule has 0 atom stereocenters. The summed E-state index contributed by atoms with van der Waals surface area (Å²) in [6.45, 7) is 0. The third-order valence-corrected chi connectivity index (χ3v) is 7.37. The number of non-ortho nitro benzene ring substituents is 1. The van der Waals surface area contributed by atoms with Crippen LogP contribution < -0.4 is 4.80 Å². The molecule has 4 rings (SSSR count). The average molecular weight is 467 g/mol. The minimum absolute atomic E-state index is 0.0286. The van der Waals surface area contributed by atoms with E-state index in [2.05, 4.69) is 10.1 Å². The first-order chi connectivity index (χ1) is 15.4. The quantitative estimate of drug-likeness (QED) is 0.328. The van der Waals surface area contributed by atoms with E-state index in [0.717, 1.165) is 4.68 Å². The zero-order chi connectivity index (χ0) is 22.7. The molecule has 1 heterocycles. The Bertz CT molecular complexity index is 1480. The minimum Gasteiger partial charge on any atom is -0.267 e. The number of rotatable bonds is 5. The van der Waals surface area contributed by atoms with E-state index in [1.54, 1.807) is 48.5 Å². The normalized spacial score (nSPS) is 11.9. The number of hydrogen-bond acceptors (Lipinski definition) is 7. The van der Waals surface area contributed by atoms with Gasteiger partial charge in [0, 0.05) is 17.7 Å². The first-order valence-corrected chi connectivity index (χ1v) is 11.5. The van der Waals surface area contributed by atoms with E-state index in [1.165, 1.54) is 36.4 Å².